The molecule has 0 aromatic carbocycles. The Morgan fingerprint density at radius 3 is 2.63 bits per heavy atom. The Kier molecular flexibility index (Phi) is 7.36. The fourth-order valence-electron chi connectivity index (χ4n) is 2.58. The lowest BCUT2D eigenvalue weighted by Gasteiger charge is -2.29. The van der Waals surface area contributed by atoms with Gasteiger partial charge in [-0.1, -0.05) is 19.3 Å². The van der Waals surface area contributed by atoms with Gasteiger partial charge in [0.2, 0.25) is 0 Å². The largest absolute Gasteiger partial charge is 0.347 e. The molecule has 3 N–H and O–H groups in total. The lowest BCUT2D eigenvalue weighted by Crippen LogP contribution is -2.45. The molecule has 0 aliphatic heterocycles. The van der Waals surface area contributed by atoms with Gasteiger partial charge in [-0.3, -0.25) is 4.79 Å². The summed E-state index contributed by atoms with van der Waals surface area (Å²) < 4.78 is 0.981. The number of rotatable bonds is 4. The molecule has 1 aliphatic carbocycles. The van der Waals surface area contributed by atoms with Crippen molar-refractivity contribution in [3.05, 3.63) is 20.8 Å². The average Bonchev–Trinajstić information content (AvgIpc) is 2.83. The van der Waals surface area contributed by atoms with Gasteiger partial charge in [0.1, 0.15) is 0 Å². The van der Waals surface area contributed by atoms with Gasteiger partial charge in [0.15, 0.2) is 0 Å². The summed E-state index contributed by atoms with van der Waals surface area (Å²) in [6.07, 6.45) is 6.23. The summed E-state index contributed by atoms with van der Waals surface area (Å²) in [5, 5.41) is 3.09. The fraction of sp³-hybridized carbons (Fsp3) is 0.615. The van der Waals surface area contributed by atoms with E-state index in [9.17, 15) is 4.79 Å². The van der Waals surface area contributed by atoms with Crippen LogP contribution in [-0.4, -0.2) is 18.5 Å². The highest BCUT2D eigenvalue weighted by molar-refractivity contribution is 9.11. The van der Waals surface area contributed by atoms with Crippen molar-refractivity contribution in [1.29, 1.82) is 0 Å². The SMILES string of the molecule is Cl.NCC(NC(=O)c1ccc(Br)s1)C1CCCCC1. The number of hydrogen-bond acceptors (Lipinski definition) is 3. The van der Waals surface area contributed by atoms with E-state index in [1.807, 2.05) is 12.1 Å². The molecule has 0 radical (unpaired) electrons. The molecule has 6 heteroatoms. The average molecular weight is 368 g/mol. The lowest BCUT2D eigenvalue weighted by molar-refractivity contribution is 0.0919. The molecule has 19 heavy (non-hydrogen) atoms. The van der Waals surface area contributed by atoms with Crippen LogP contribution in [0, 0.1) is 5.92 Å². The molecule has 1 aromatic rings. The Balaban J connectivity index is 0.00000180. The fourth-order valence-corrected chi connectivity index (χ4v) is 3.87. The highest BCUT2D eigenvalue weighted by atomic mass is 79.9. The van der Waals surface area contributed by atoms with Gasteiger partial charge in [-0.25, -0.2) is 0 Å². The molecule has 108 valence electrons. The van der Waals surface area contributed by atoms with E-state index in [4.69, 9.17) is 5.73 Å². The Morgan fingerprint density at radius 2 is 2.11 bits per heavy atom. The summed E-state index contributed by atoms with van der Waals surface area (Å²) in [5.74, 6) is 0.558. The van der Waals surface area contributed by atoms with E-state index in [-0.39, 0.29) is 24.4 Å². The molecule has 1 atom stereocenters. The molecular formula is C13H20BrClN2OS. The molecule has 1 amide bonds. The standard InChI is InChI=1S/C13H19BrN2OS.ClH/c14-12-7-6-11(18-12)13(17)16-10(8-15)9-4-2-1-3-5-9;/h6-7,9-10H,1-5,8,15H2,(H,16,17);1H. The molecule has 1 aromatic heterocycles. The minimum atomic E-state index is 0. The van der Waals surface area contributed by atoms with Crippen LogP contribution in [-0.2, 0) is 0 Å². The van der Waals surface area contributed by atoms with Gasteiger partial charge in [0.05, 0.1) is 8.66 Å². The van der Waals surface area contributed by atoms with Gasteiger partial charge >= 0.3 is 0 Å². The van der Waals surface area contributed by atoms with Crippen molar-refractivity contribution >= 4 is 45.6 Å². The van der Waals surface area contributed by atoms with Crippen LogP contribution in [0.5, 0.6) is 0 Å². The predicted molar refractivity (Wildman–Crippen MR) is 86.2 cm³/mol. The van der Waals surface area contributed by atoms with Gasteiger partial charge in [-0.15, -0.1) is 23.7 Å². The number of nitrogens with two attached hydrogens (primary N) is 1. The van der Waals surface area contributed by atoms with Crippen molar-refractivity contribution in [2.75, 3.05) is 6.54 Å². The highest BCUT2D eigenvalue weighted by Crippen LogP contribution is 2.27. The van der Waals surface area contributed by atoms with Crippen LogP contribution in [0.2, 0.25) is 0 Å². The number of amides is 1. The van der Waals surface area contributed by atoms with Gasteiger partial charge in [-0.05, 0) is 46.8 Å². The summed E-state index contributed by atoms with van der Waals surface area (Å²) >= 11 is 4.83. The van der Waals surface area contributed by atoms with Crippen molar-refractivity contribution in [2.45, 2.75) is 38.1 Å². The van der Waals surface area contributed by atoms with Crippen molar-refractivity contribution in [3.63, 3.8) is 0 Å². The van der Waals surface area contributed by atoms with Crippen molar-refractivity contribution in [1.82, 2.24) is 5.32 Å². The predicted octanol–water partition coefficient (Wildman–Crippen LogP) is 3.57. The molecule has 1 saturated carbocycles. The van der Waals surface area contributed by atoms with Crippen LogP contribution in [0.3, 0.4) is 0 Å². The Hall–Kier alpha value is -0.100. The quantitative estimate of drug-likeness (QED) is 0.854. The Labute approximate surface area is 132 Å². The number of thiophene rings is 1. The monoisotopic (exact) mass is 366 g/mol. The third kappa shape index (κ3) is 4.74. The number of hydrogen-bond donors (Lipinski definition) is 2. The number of nitrogens with one attached hydrogen (secondary N) is 1. The van der Waals surface area contributed by atoms with Gasteiger partial charge in [0, 0.05) is 12.6 Å². The first-order valence-corrected chi connectivity index (χ1v) is 8.08. The number of carbonyl (C=O) groups is 1. The van der Waals surface area contributed by atoms with E-state index >= 15 is 0 Å². The van der Waals surface area contributed by atoms with E-state index in [0.717, 1.165) is 8.66 Å². The Morgan fingerprint density at radius 1 is 1.42 bits per heavy atom. The molecule has 1 fully saturated rings. The van der Waals surface area contributed by atoms with E-state index < -0.39 is 0 Å². The molecule has 0 bridgehead atoms. The third-order valence-electron chi connectivity index (χ3n) is 3.59. The van der Waals surface area contributed by atoms with Crippen LogP contribution >= 0.6 is 39.7 Å². The summed E-state index contributed by atoms with van der Waals surface area (Å²) in [5.41, 5.74) is 5.81. The van der Waals surface area contributed by atoms with Crippen LogP contribution < -0.4 is 11.1 Å². The molecule has 3 nitrogen and oxygen atoms in total. The molecular weight excluding hydrogens is 348 g/mol. The van der Waals surface area contributed by atoms with E-state index in [1.54, 1.807) is 0 Å². The van der Waals surface area contributed by atoms with Crippen LogP contribution in [0.15, 0.2) is 15.9 Å². The van der Waals surface area contributed by atoms with Crippen LogP contribution in [0.25, 0.3) is 0 Å². The van der Waals surface area contributed by atoms with E-state index in [2.05, 4.69) is 21.2 Å². The second-order valence-electron chi connectivity index (χ2n) is 4.82. The molecule has 1 unspecified atom stereocenters. The first-order valence-electron chi connectivity index (χ1n) is 6.47. The second kappa shape index (κ2) is 8.25. The summed E-state index contributed by atoms with van der Waals surface area (Å²) in [4.78, 5) is 12.8. The molecule has 0 spiro atoms. The van der Waals surface area contributed by atoms with E-state index in [1.165, 1.54) is 43.4 Å². The molecule has 0 saturated heterocycles. The van der Waals surface area contributed by atoms with Gasteiger partial charge in [0.25, 0.3) is 5.91 Å². The second-order valence-corrected chi connectivity index (χ2v) is 7.28. The zero-order chi connectivity index (χ0) is 13.0. The molecule has 1 heterocycles. The maximum absolute atomic E-state index is 12.1. The topological polar surface area (TPSA) is 55.1 Å². The Bertz CT molecular complexity index is 407. The number of halogens is 2. The first-order chi connectivity index (χ1) is 8.70. The summed E-state index contributed by atoms with van der Waals surface area (Å²) in [6, 6.07) is 3.87. The van der Waals surface area contributed by atoms with Crippen molar-refractivity contribution < 1.29 is 4.79 Å². The van der Waals surface area contributed by atoms with E-state index in [0.29, 0.717) is 12.5 Å². The smallest absolute Gasteiger partial charge is 0.261 e. The summed E-state index contributed by atoms with van der Waals surface area (Å²) in [6.45, 7) is 0.531. The molecule has 1 aliphatic rings. The van der Waals surface area contributed by atoms with Gasteiger partial charge in [-0.2, -0.15) is 0 Å². The maximum atomic E-state index is 12.1. The van der Waals surface area contributed by atoms with Crippen molar-refractivity contribution in [3.8, 4) is 0 Å². The zero-order valence-corrected chi connectivity index (χ0v) is 14.0. The first kappa shape index (κ1) is 17.0. The maximum Gasteiger partial charge on any atom is 0.261 e. The van der Waals surface area contributed by atoms with Crippen LogP contribution in [0.4, 0.5) is 0 Å². The minimum Gasteiger partial charge on any atom is -0.347 e. The number of carbonyl (C=O) groups excluding carboxylic acids is 1. The van der Waals surface area contributed by atoms with Gasteiger partial charge < -0.3 is 11.1 Å². The van der Waals surface area contributed by atoms with Crippen LogP contribution in [0.1, 0.15) is 41.8 Å². The molecule has 2 rings (SSSR count). The zero-order valence-electron chi connectivity index (χ0n) is 10.7. The van der Waals surface area contributed by atoms with Crippen molar-refractivity contribution in [2.24, 2.45) is 11.7 Å². The normalized spacial score (nSPS) is 17.6. The minimum absolute atomic E-state index is 0. The highest BCUT2D eigenvalue weighted by Gasteiger charge is 2.24. The third-order valence-corrected chi connectivity index (χ3v) is 5.21. The lowest BCUT2D eigenvalue weighted by atomic mass is 9.84. The summed E-state index contributed by atoms with van der Waals surface area (Å²) in [7, 11) is 0.